The fraction of sp³-hybridized carbons (Fsp3) is 0.929. The molecule has 0 saturated heterocycles. The van der Waals surface area contributed by atoms with E-state index in [1.54, 1.807) is 4.31 Å². The predicted molar refractivity (Wildman–Crippen MR) is 76.6 cm³/mol. The number of nitrogens with zero attached hydrogens (tertiary/aromatic N) is 1. The molecule has 20 heavy (non-hydrogen) atoms. The summed E-state index contributed by atoms with van der Waals surface area (Å²) in [5, 5.41) is -0.601. The molecule has 0 N–H and O–H groups in total. The SMILES string of the molecule is COC(=O)C1CCCC1S(=O)(=O)N(CC1CC1)C(C)C. The molecule has 0 aliphatic heterocycles. The van der Waals surface area contributed by atoms with E-state index in [-0.39, 0.29) is 12.0 Å². The molecule has 116 valence electrons. The van der Waals surface area contributed by atoms with E-state index in [0.717, 1.165) is 19.3 Å². The van der Waals surface area contributed by atoms with Crippen molar-refractivity contribution in [2.45, 2.75) is 57.2 Å². The van der Waals surface area contributed by atoms with Crippen molar-refractivity contribution in [1.29, 1.82) is 0 Å². The first-order valence-electron chi connectivity index (χ1n) is 7.46. The van der Waals surface area contributed by atoms with Gasteiger partial charge in [0.05, 0.1) is 18.3 Å². The minimum atomic E-state index is -3.43. The molecule has 2 aliphatic carbocycles. The van der Waals surface area contributed by atoms with Crippen LogP contribution < -0.4 is 0 Å². The Labute approximate surface area is 121 Å². The molecule has 2 atom stereocenters. The molecule has 2 fully saturated rings. The molecule has 0 spiro atoms. The maximum Gasteiger partial charge on any atom is 0.310 e. The lowest BCUT2D eigenvalue weighted by Gasteiger charge is -2.30. The van der Waals surface area contributed by atoms with Crippen LogP contribution in [0.3, 0.4) is 0 Å². The molecule has 0 heterocycles. The van der Waals surface area contributed by atoms with Crippen LogP contribution in [0.5, 0.6) is 0 Å². The fourth-order valence-corrected chi connectivity index (χ4v) is 5.52. The Balaban J connectivity index is 2.19. The number of hydrogen-bond acceptors (Lipinski definition) is 4. The van der Waals surface area contributed by atoms with Crippen molar-refractivity contribution in [3.05, 3.63) is 0 Å². The summed E-state index contributed by atoms with van der Waals surface area (Å²) in [5.74, 6) is -0.373. The van der Waals surface area contributed by atoms with Crippen LogP contribution in [0, 0.1) is 11.8 Å². The van der Waals surface area contributed by atoms with Crippen molar-refractivity contribution in [2.24, 2.45) is 11.8 Å². The fourth-order valence-electron chi connectivity index (χ4n) is 3.04. The maximum absolute atomic E-state index is 12.9. The van der Waals surface area contributed by atoms with Gasteiger partial charge in [-0.3, -0.25) is 4.79 Å². The standard InChI is InChI=1S/C14H25NO4S/c1-10(2)15(9-11-7-8-11)20(17,18)13-6-4-5-12(13)14(16)19-3/h10-13H,4-9H2,1-3H3. The highest BCUT2D eigenvalue weighted by Gasteiger charge is 2.46. The summed E-state index contributed by atoms with van der Waals surface area (Å²) < 4.78 is 32.2. The third-order valence-corrected chi connectivity index (χ3v) is 6.93. The van der Waals surface area contributed by atoms with E-state index >= 15 is 0 Å². The van der Waals surface area contributed by atoms with Crippen molar-refractivity contribution in [2.75, 3.05) is 13.7 Å². The number of carbonyl (C=O) groups is 1. The number of methoxy groups -OCH3 is 1. The van der Waals surface area contributed by atoms with Gasteiger partial charge >= 0.3 is 5.97 Å². The first-order chi connectivity index (χ1) is 9.37. The number of hydrogen-bond donors (Lipinski definition) is 0. The van der Waals surface area contributed by atoms with E-state index in [1.165, 1.54) is 7.11 Å². The molecule has 2 saturated carbocycles. The van der Waals surface area contributed by atoms with E-state index < -0.39 is 21.2 Å². The Morgan fingerprint density at radius 1 is 1.25 bits per heavy atom. The molecular weight excluding hydrogens is 278 g/mol. The summed E-state index contributed by atoms with van der Waals surface area (Å²) in [6.45, 7) is 4.41. The lowest BCUT2D eigenvalue weighted by molar-refractivity contribution is -0.145. The minimum Gasteiger partial charge on any atom is -0.469 e. The largest absolute Gasteiger partial charge is 0.469 e. The van der Waals surface area contributed by atoms with Gasteiger partial charge in [0.15, 0.2) is 0 Å². The molecule has 0 aromatic heterocycles. The summed E-state index contributed by atoms with van der Waals surface area (Å²) in [5.41, 5.74) is 0. The van der Waals surface area contributed by atoms with Crippen molar-refractivity contribution < 1.29 is 17.9 Å². The zero-order valence-electron chi connectivity index (χ0n) is 12.5. The highest BCUT2D eigenvalue weighted by molar-refractivity contribution is 7.89. The van der Waals surface area contributed by atoms with Crippen molar-refractivity contribution >= 4 is 16.0 Å². The Morgan fingerprint density at radius 2 is 1.90 bits per heavy atom. The summed E-state index contributed by atoms with van der Waals surface area (Å²) in [4.78, 5) is 11.8. The van der Waals surface area contributed by atoms with E-state index in [9.17, 15) is 13.2 Å². The van der Waals surface area contributed by atoms with Gasteiger partial charge in [-0.15, -0.1) is 0 Å². The van der Waals surface area contributed by atoms with E-state index in [0.29, 0.717) is 25.3 Å². The number of esters is 1. The smallest absolute Gasteiger partial charge is 0.310 e. The minimum absolute atomic E-state index is 0.0560. The van der Waals surface area contributed by atoms with Crippen LogP contribution in [0.25, 0.3) is 0 Å². The van der Waals surface area contributed by atoms with Gasteiger partial charge in [0, 0.05) is 12.6 Å². The first-order valence-corrected chi connectivity index (χ1v) is 8.96. The quantitative estimate of drug-likeness (QED) is 0.702. The number of ether oxygens (including phenoxy) is 1. The Bertz CT molecular complexity index is 456. The Kier molecular flexibility index (Phi) is 4.74. The third kappa shape index (κ3) is 3.17. The average molecular weight is 303 g/mol. The van der Waals surface area contributed by atoms with Gasteiger partial charge < -0.3 is 4.74 Å². The van der Waals surface area contributed by atoms with Crippen LogP contribution in [0.15, 0.2) is 0 Å². The summed E-state index contributed by atoms with van der Waals surface area (Å²) in [7, 11) is -2.10. The number of sulfonamides is 1. The molecule has 0 bridgehead atoms. The molecule has 2 unspecified atom stereocenters. The second kappa shape index (κ2) is 6.02. The zero-order chi connectivity index (χ0) is 14.9. The van der Waals surface area contributed by atoms with Crippen LogP contribution >= 0.6 is 0 Å². The molecule has 2 rings (SSSR count). The monoisotopic (exact) mass is 303 g/mol. The molecule has 0 amide bonds. The van der Waals surface area contributed by atoms with Crippen LogP contribution in [0.1, 0.15) is 46.0 Å². The average Bonchev–Trinajstić information content (AvgIpc) is 3.07. The van der Waals surface area contributed by atoms with Crippen LogP contribution in [-0.2, 0) is 19.6 Å². The van der Waals surface area contributed by atoms with Crippen LogP contribution in [0.2, 0.25) is 0 Å². The molecule has 2 aliphatic rings. The van der Waals surface area contributed by atoms with E-state index in [1.807, 2.05) is 13.8 Å². The van der Waals surface area contributed by atoms with Crippen molar-refractivity contribution in [3.8, 4) is 0 Å². The van der Waals surface area contributed by atoms with Crippen molar-refractivity contribution in [1.82, 2.24) is 4.31 Å². The van der Waals surface area contributed by atoms with Gasteiger partial charge in [-0.2, -0.15) is 4.31 Å². The lowest BCUT2D eigenvalue weighted by atomic mass is 10.1. The molecule has 0 aromatic rings. The normalized spacial score (nSPS) is 27.2. The van der Waals surface area contributed by atoms with Crippen LogP contribution in [0.4, 0.5) is 0 Å². The third-order valence-electron chi connectivity index (χ3n) is 4.38. The molecule has 0 aromatic carbocycles. The van der Waals surface area contributed by atoms with Crippen molar-refractivity contribution in [3.63, 3.8) is 0 Å². The summed E-state index contributed by atoms with van der Waals surface area (Å²) >= 11 is 0. The van der Waals surface area contributed by atoms with Gasteiger partial charge in [0.1, 0.15) is 0 Å². The van der Waals surface area contributed by atoms with E-state index in [2.05, 4.69) is 0 Å². The highest BCUT2D eigenvalue weighted by Crippen LogP contribution is 2.37. The molecule has 0 radical (unpaired) electrons. The summed E-state index contributed by atoms with van der Waals surface area (Å²) in [6.07, 6.45) is 4.19. The van der Waals surface area contributed by atoms with Gasteiger partial charge in [-0.1, -0.05) is 6.42 Å². The highest BCUT2D eigenvalue weighted by atomic mass is 32.2. The Hall–Kier alpha value is -0.620. The molecule has 5 nitrogen and oxygen atoms in total. The van der Waals surface area contributed by atoms with Gasteiger partial charge in [0.25, 0.3) is 0 Å². The predicted octanol–water partition coefficient (Wildman–Crippen LogP) is 1.78. The lowest BCUT2D eigenvalue weighted by Crippen LogP contribution is -2.46. The second-order valence-electron chi connectivity index (χ2n) is 6.25. The van der Waals surface area contributed by atoms with Gasteiger partial charge in [-0.05, 0) is 45.4 Å². The van der Waals surface area contributed by atoms with Gasteiger partial charge in [0.2, 0.25) is 10.0 Å². The maximum atomic E-state index is 12.9. The molecule has 6 heteroatoms. The van der Waals surface area contributed by atoms with Gasteiger partial charge in [-0.25, -0.2) is 8.42 Å². The summed E-state index contributed by atoms with van der Waals surface area (Å²) in [6, 6.07) is -0.0560. The zero-order valence-corrected chi connectivity index (χ0v) is 13.4. The number of rotatable bonds is 6. The topological polar surface area (TPSA) is 63.7 Å². The molecular formula is C14H25NO4S. The first kappa shape index (κ1) is 15.8. The number of carbonyl (C=O) groups excluding carboxylic acids is 1. The second-order valence-corrected chi connectivity index (χ2v) is 8.36. The van der Waals surface area contributed by atoms with E-state index in [4.69, 9.17) is 4.74 Å². The Morgan fingerprint density at radius 3 is 2.40 bits per heavy atom. The van der Waals surface area contributed by atoms with Crippen LogP contribution in [-0.4, -0.2) is 43.6 Å².